The molecular formula is C23H30N2O+2. The molecule has 0 radical (unpaired) electrons. The molecule has 0 spiro atoms. The van der Waals surface area contributed by atoms with Crippen molar-refractivity contribution in [3.63, 3.8) is 0 Å². The van der Waals surface area contributed by atoms with E-state index >= 15 is 0 Å². The first-order valence-corrected chi connectivity index (χ1v) is 9.98. The third-order valence-corrected chi connectivity index (χ3v) is 6.75. The van der Waals surface area contributed by atoms with Crippen molar-refractivity contribution >= 4 is 0 Å². The number of piperidine rings is 2. The predicted molar refractivity (Wildman–Crippen MR) is 102 cm³/mol. The van der Waals surface area contributed by atoms with Gasteiger partial charge >= 0.3 is 0 Å². The maximum atomic E-state index is 5.97. The normalized spacial score (nSPS) is 37.7. The van der Waals surface area contributed by atoms with Crippen molar-refractivity contribution < 1.29 is 14.5 Å². The Bertz CT molecular complexity index is 750. The smallest absolute Gasteiger partial charge is 0.240 e. The molecule has 0 atom stereocenters. The highest BCUT2D eigenvalue weighted by Crippen LogP contribution is 2.39. The molecule has 0 saturated carbocycles. The Morgan fingerprint density at radius 1 is 0.846 bits per heavy atom. The number of hydrogen-bond acceptors (Lipinski definition) is 1. The molecule has 2 aromatic rings. The fourth-order valence-corrected chi connectivity index (χ4v) is 6.39. The quantitative estimate of drug-likeness (QED) is 0.855. The minimum absolute atomic E-state index is 0.547. The molecule has 4 bridgehead atoms. The average Bonchev–Trinajstić information content (AvgIpc) is 2.59. The Morgan fingerprint density at radius 2 is 1.42 bits per heavy atom. The van der Waals surface area contributed by atoms with Crippen LogP contribution in [-0.2, 0) is 6.61 Å². The van der Waals surface area contributed by atoms with Crippen LogP contribution >= 0.6 is 0 Å². The van der Waals surface area contributed by atoms with Crippen LogP contribution in [0.2, 0.25) is 0 Å². The number of ether oxygens (including phenoxy) is 1. The molecule has 4 saturated heterocycles. The standard InChI is InChI=1S/C23H28N2O/c1-22-13-23(2)16-24(14-22)21(25(15-22)17-23)19-8-10-20(11-9-19)26-12-18-6-4-3-5-7-18/h3-11,21H,12-17H2,1-2H3/p+2. The summed E-state index contributed by atoms with van der Waals surface area (Å²) in [5, 5.41) is 0. The molecule has 136 valence electrons. The summed E-state index contributed by atoms with van der Waals surface area (Å²) in [4.78, 5) is 3.60. The lowest BCUT2D eigenvalue weighted by molar-refractivity contribution is -1.18. The Morgan fingerprint density at radius 3 is 2.00 bits per heavy atom. The summed E-state index contributed by atoms with van der Waals surface area (Å²) in [5.41, 5.74) is 3.79. The molecule has 3 nitrogen and oxygen atoms in total. The fourth-order valence-electron chi connectivity index (χ4n) is 6.39. The molecule has 4 fully saturated rings. The van der Waals surface area contributed by atoms with Gasteiger partial charge in [-0.3, -0.25) is 9.80 Å². The maximum Gasteiger partial charge on any atom is 0.240 e. The van der Waals surface area contributed by atoms with Gasteiger partial charge in [-0.05, 0) is 50.1 Å². The molecule has 6 rings (SSSR count). The van der Waals surface area contributed by atoms with E-state index in [1.807, 2.05) is 6.07 Å². The number of hydrogen-bond donors (Lipinski definition) is 2. The van der Waals surface area contributed by atoms with Crippen LogP contribution in [0.15, 0.2) is 54.6 Å². The van der Waals surface area contributed by atoms with Crippen LogP contribution in [-0.4, -0.2) is 26.2 Å². The summed E-state index contributed by atoms with van der Waals surface area (Å²) in [6, 6.07) is 19.3. The van der Waals surface area contributed by atoms with Crippen molar-refractivity contribution in [1.82, 2.24) is 0 Å². The minimum Gasteiger partial charge on any atom is -0.489 e. The van der Waals surface area contributed by atoms with Crippen LogP contribution in [0.3, 0.4) is 0 Å². The monoisotopic (exact) mass is 350 g/mol. The Balaban J connectivity index is 1.31. The van der Waals surface area contributed by atoms with Gasteiger partial charge in [0.25, 0.3) is 0 Å². The van der Waals surface area contributed by atoms with Gasteiger partial charge < -0.3 is 4.74 Å². The molecule has 0 unspecified atom stereocenters. The van der Waals surface area contributed by atoms with Crippen LogP contribution < -0.4 is 14.5 Å². The van der Waals surface area contributed by atoms with E-state index in [1.54, 1.807) is 9.80 Å². The van der Waals surface area contributed by atoms with Gasteiger partial charge in [0.2, 0.25) is 6.17 Å². The zero-order valence-electron chi connectivity index (χ0n) is 15.9. The number of nitrogens with one attached hydrogen (secondary N) is 2. The van der Waals surface area contributed by atoms with Crippen molar-refractivity contribution in [1.29, 1.82) is 0 Å². The fraction of sp³-hybridized carbons (Fsp3) is 0.478. The van der Waals surface area contributed by atoms with E-state index in [4.69, 9.17) is 4.74 Å². The third-order valence-electron chi connectivity index (χ3n) is 6.75. The van der Waals surface area contributed by atoms with Crippen LogP contribution in [0.4, 0.5) is 0 Å². The molecule has 2 N–H and O–H groups in total. The molecule has 4 aliphatic heterocycles. The molecule has 2 aromatic carbocycles. The molecule has 3 heteroatoms. The highest BCUT2D eigenvalue weighted by molar-refractivity contribution is 5.28. The number of rotatable bonds is 4. The lowest BCUT2D eigenvalue weighted by Crippen LogP contribution is -3.40. The van der Waals surface area contributed by atoms with E-state index in [-0.39, 0.29) is 0 Å². The second-order valence-corrected chi connectivity index (χ2v) is 9.60. The van der Waals surface area contributed by atoms with E-state index in [0.29, 0.717) is 23.6 Å². The lowest BCUT2D eigenvalue weighted by Gasteiger charge is -2.60. The predicted octanol–water partition coefficient (Wildman–Crippen LogP) is 1.48. The van der Waals surface area contributed by atoms with Crippen LogP contribution in [0.25, 0.3) is 0 Å². The molecule has 0 aliphatic carbocycles. The van der Waals surface area contributed by atoms with Gasteiger partial charge in [-0.15, -0.1) is 0 Å². The average molecular weight is 351 g/mol. The topological polar surface area (TPSA) is 18.1 Å². The van der Waals surface area contributed by atoms with Crippen molar-refractivity contribution in [2.75, 3.05) is 26.2 Å². The summed E-state index contributed by atoms with van der Waals surface area (Å²) < 4.78 is 5.97. The first kappa shape index (κ1) is 16.3. The third kappa shape index (κ3) is 2.83. The van der Waals surface area contributed by atoms with Crippen molar-refractivity contribution in [2.45, 2.75) is 33.0 Å². The largest absolute Gasteiger partial charge is 0.489 e. The molecule has 4 aliphatic rings. The van der Waals surface area contributed by atoms with E-state index in [1.165, 1.54) is 43.7 Å². The summed E-state index contributed by atoms with van der Waals surface area (Å²) >= 11 is 0. The zero-order valence-corrected chi connectivity index (χ0v) is 15.9. The van der Waals surface area contributed by atoms with Gasteiger partial charge in [0.05, 0.1) is 42.6 Å². The van der Waals surface area contributed by atoms with Gasteiger partial charge in [-0.1, -0.05) is 30.3 Å². The Kier molecular flexibility index (Phi) is 3.67. The van der Waals surface area contributed by atoms with Crippen molar-refractivity contribution in [2.24, 2.45) is 10.8 Å². The highest BCUT2D eigenvalue weighted by Gasteiger charge is 2.62. The number of quaternary nitrogens is 2. The van der Waals surface area contributed by atoms with Crippen LogP contribution in [0.1, 0.15) is 37.6 Å². The first-order chi connectivity index (χ1) is 12.5. The van der Waals surface area contributed by atoms with Crippen LogP contribution in [0.5, 0.6) is 5.75 Å². The Labute approximate surface area is 156 Å². The molecule has 0 amide bonds. The summed E-state index contributed by atoms with van der Waals surface area (Å²) in [6.07, 6.45) is 2.03. The molecule has 4 heterocycles. The van der Waals surface area contributed by atoms with Crippen molar-refractivity contribution in [3.05, 3.63) is 65.7 Å². The molecular weight excluding hydrogens is 320 g/mol. The highest BCUT2D eigenvalue weighted by atomic mass is 16.5. The van der Waals surface area contributed by atoms with Crippen molar-refractivity contribution in [3.8, 4) is 5.75 Å². The summed E-state index contributed by atoms with van der Waals surface area (Å²) in [5.74, 6) is 0.968. The van der Waals surface area contributed by atoms with Gasteiger partial charge in [0.1, 0.15) is 12.4 Å². The zero-order chi connectivity index (χ0) is 17.8. The Hall–Kier alpha value is -1.84. The maximum absolute atomic E-state index is 5.97. The number of benzene rings is 2. The lowest BCUT2D eigenvalue weighted by atomic mass is 9.63. The second-order valence-electron chi connectivity index (χ2n) is 9.60. The van der Waals surface area contributed by atoms with Gasteiger partial charge in [-0.2, -0.15) is 0 Å². The van der Waals surface area contributed by atoms with E-state index in [2.05, 4.69) is 62.4 Å². The minimum atomic E-state index is 0.547. The first-order valence-electron chi connectivity index (χ1n) is 9.98. The van der Waals surface area contributed by atoms with Gasteiger partial charge in [0.15, 0.2) is 0 Å². The molecule has 0 aromatic heterocycles. The van der Waals surface area contributed by atoms with E-state index in [0.717, 1.165) is 5.75 Å². The van der Waals surface area contributed by atoms with Crippen LogP contribution in [0, 0.1) is 10.8 Å². The SMILES string of the molecule is CC12C[NH+]3CC(C)(C[NH+](C1)C3c1ccc(OCc3ccccc3)cc1)C2. The van der Waals surface area contributed by atoms with E-state index in [9.17, 15) is 0 Å². The molecule has 26 heavy (non-hydrogen) atoms. The summed E-state index contributed by atoms with van der Waals surface area (Å²) in [6.45, 7) is 11.0. The second kappa shape index (κ2) is 5.83. The van der Waals surface area contributed by atoms with E-state index < -0.39 is 0 Å². The van der Waals surface area contributed by atoms with Gasteiger partial charge in [-0.25, -0.2) is 0 Å². The van der Waals surface area contributed by atoms with Gasteiger partial charge in [0, 0.05) is 0 Å². The summed E-state index contributed by atoms with van der Waals surface area (Å²) in [7, 11) is 0.